The average Bonchev–Trinajstić information content (AvgIpc) is 3.04. The zero-order valence-corrected chi connectivity index (χ0v) is 10.6. The van der Waals surface area contributed by atoms with Gasteiger partial charge in [-0.15, -0.1) is 0 Å². The van der Waals surface area contributed by atoms with Gasteiger partial charge in [0, 0.05) is 12.7 Å². The van der Waals surface area contributed by atoms with Crippen LogP contribution in [0, 0.1) is 0 Å². The van der Waals surface area contributed by atoms with Crippen molar-refractivity contribution in [3.63, 3.8) is 0 Å². The fourth-order valence-electron chi connectivity index (χ4n) is 1.84. The summed E-state index contributed by atoms with van der Waals surface area (Å²) in [6, 6.07) is 9.60. The molecule has 0 atom stereocenters. The van der Waals surface area contributed by atoms with E-state index in [0.29, 0.717) is 19.1 Å². The van der Waals surface area contributed by atoms with Crippen molar-refractivity contribution in [2.45, 2.75) is 6.54 Å². The standard InChI is InChI=1S/C13H13N5O2/c14-12(19)10-5-7-18(17-10)8-6-15-13-16-9-3-1-2-4-11(9)20-13/h1-5,7H,6,8H2,(H2,14,19)(H,15,16). The summed E-state index contributed by atoms with van der Waals surface area (Å²) in [7, 11) is 0. The normalized spacial score (nSPS) is 10.8. The zero-order chi connectivity index (χ0) is 13.9. The summed E-state index contributed by atoms with van der Waals surface area (Å²) in [5.41, 5.74) is 6.94. The quantitative estimate of drug-likeness (QED) is 0.727. The highest BCUT2D eigenvalue weighted by Gasteiger charge is 2.06. The number of anilines is 1. The van der Waals surface area contributed by atoms with Gasteiger partial charge in [-0.05, 0) is 18.2 Å². The first-order valence-electron chi connectivity index (χ1n) is 6.15. The van der Waals surface area contributed by atoms with Crippen LogP contribution in [0.4, 0.5) is 6.01 Å². The van der Waals surface area contributed by atoms with Crippen LogP contribution in [0.5, 0.6) is 0 Å². The van der Waals surface area contributed by atoms with E-state index in [4.69, 9.17) is 10.2 Å². The predicted octanol–water partition coefficient (Wildman–Crippen LogP) is 1.24. The fraction of sp³-hybridized carbons (Fsp3) is 0.154. The molecule has 102 valence electrons. The van der Waals surface area contributed by atoms with E-state index in [-0.39, 0.29) is 5.69 Å². The van der Waals surface area contributed by atoms with Gasteiger partial charge in [0.15, 0.2) is 5.58 Å². The second kappa shape index (κ2) is 5.04. The summed E-state index contributed by atoms with van der Waals surface area (Å²) in [6.07, 6.45) is 1.70. The molecule has 0 aliphatic rings. The van der Waals surface area contributed by atoms with Crippen LogP contribution < -0.4 is 11.1 Å². The molecule has 0 saturated heterocycles. The lowest BCUT2D eigenvalue weighted by atomic mass is 10.3. The number of benzene rings is 1. The van der Waals surface area contributed by atoms with Crippen LogP contribution in [0.15, 0.2) is 40.9 Å². The third-order valence-corrected chi connectivity index (χ3v) is 2.80. The summed E-state index contributed by atoms with van der Waals surface area (Å²) in [5, 5.41) is 7.10. The van der Waals surface area contributed by atoms with E-state index < -0.39 is 5.91 Å². The molecular formula is C13H13N5O2. The Morgan fingerprint density at radius 2 is 2.20 bits per heavy atom. The molecular weight excluding hydrogens is 258 g/mol. The molecule has 0 aliphatic heterocycles. The molecule has 0 unspecified atom stereocenters. The van der Waals surface area contributed by atoms with Gasteiger partial charge in [-0.25, -0.2) is 0 Å². The highest BCUT2D eigenvalue weighted by Crippen LogP contribution is 2.17. The van der Waals surface area contributed by atoms with E-state index in [0.717, 1.165) is 11.1 Å². The van der Waals surface area contributed by atoms with E-state index in [9.17, 15) is 4.79 Å². The van der Waals surface area contributed by atoms with Crippen LogP contribution in [0.2, 0.25) is 0 Å². The molecule has 2 aromatic heterocycles. The Labute approximate surface area is 114 Å². The van der Waals surface area contributed by atoms with Crippen LogP contribution in [-0.2, 0) is 6.54 Å². The average molecular weight is 271 g/mol. The summed E-state index contributed by atoms with van der Waals surface area (Å²) in [4.78, 5) is 15.2. The molecule has 0 saturated carbocycles. The molecule has 3 rings (SSSR count). The molecule has 1 aromatic carbocycles. The number of nitrogens with one attached hydrogen (secondary N) is 1. The molecule has 1 amide bonds. The van der Waals surface area contributed by atoms with Crippen LogP contribution in [0.1, 0.15) is 10.5 Å². The van der Waals surface area contributed by atoms with Crippen LogP contribution in [-0.4, -0.2) is 27.2 Å². The predicted molar refractivity (Wildman–Crippen MR) is 73.2 cm³/mol. The number of hydrogen-bond donors (Lipinski definition) is 2. The minimum atomic E-state index is -0.532. The summed E-state index contributed by atoms with van der Waals surface area (Å²) in [5.74, 6) is -0.532. The summed E-state index contributed by atoms with van der Waals surface area (Å²) in [6.45, 7) is 1.15. The Morgan fingerprint density at radius 1 is 1.35 bits per heavy atom. The fourth-order valence-corrected chi connectivity index (χ4v) is 1.84. The largest absolute Gasteiger partial charge is 0.424 e. The van der Waals surface area contributed by atoms with E-state index in [1.54, 1.807) is 16.9 Å². The molecule has 0 aliphatic carbocycles. The lowest BCUT2D eigenvalue weighted by Crippen LogP contribution is -2.14. The number of primary amides is 1. The number of nitrogens with zero attached hydrogens (tertiary/aromatic N) is 3. The number of rotatable bonds is 5. The third-order valence-electron chi connectivity index (χ3n) is 2.80. The van der Waals surface area contributed by atoms with Crippen molar-refractivity contribution in [3.05, 3.63) is 42.2 Å². The summed E-state index contributed by atoms with van der Waals surface area (Å²) >= 11 is 0. The minimum absolute atomic E-state index is 0.256. The molecule has 3 N–H and O–H groups in total. The third kappa shape index (κ3) is 2.46. The Bertz CT molecular complexity index is 713. The van der Waals surface area contributed by atoms with Gasteiger partial charge >= 0.3 is 0 Å². The molecule has 0 bridgehead atoms. The van der Waals surface area contributed by atoms with Gasteiger partial charge < -0.3 is 15.5 Å². The van der Waals surface area contributed by atoms with Crippen molar-refractivity contribution in [2.24, 2.45) is 5.73 Å². The molecule has 20 heavy (non-hydrogen) atoms. The van der Waals surface area contributed by atoms with Crippen LogP contribution >= 0.6 is 0 Å². The number of fused-ring (bicyclic) bond motifs is 1. The van der Waals surface area contributed by atoms with Gasteiger partial charge in [-0.2, -0.15) is 10.1 Å². The van der Waals surface area contributed by atoms with E-state index in [1.165, 1.54) is 0 Å². The minimum Gasteiger partial charge on any atom is -0.424 e. The van der Waals surface area contributed by atoms with Gasteiger partial charge in [-0.3, -0.25) is 9.48 Å². The first-order chi connectivity index (χ1) is 9.72. The number of para-hydroxylation sites is 2. The molecule has 7 nitrogen and oxygen atoms in total. The topological polar surface area (TPSA) is 99.0 Å². The molecule has 0 spiro atoms. The molecule has 0 radical (unpaired) electrons. The SMILES string of the molecule is NC(=O)c1ccn(CCNc2nc3ccccc3o2)n1. The summed E-state index contributed by atoms with van der Waals surface area (Å²) < 4.78 is 7.16. The number of oxazole rings is 1. The van der Waals surface area contributed by atoms with E-state index in [2.05, 4.69) is 15.4 Å². The van der Waals surface area contributed by atoms with Gasteiger partial charge in [0.1, 0.15) is 11.2 Å². The van der Waals surface area contributed by atoms with Gasteiger partial charge in [-0.1, -0.05) is 12.1 Å². The maximum atomic E-state index is 10.9. The van der Waals surface area contributed by atoms with Gasteiger partial charge in [0.05, 0.1) is 6.54 Å². The van der Waals surface area contributed by atoms with E-state index in [1.807, 2.05) is 24.3 Å². The lowest BCUT2D eigenvalue weighted by Gasteiger charge is -2.01. The van der Waals surface area contributed by atoms with Crippen molar-refractivity contribution < 1.29 is 9.21 Å². The van der Waals surface area contributed by atoms with Crippen molar-refractivity contribution in [1.29, 1.82) is 0 Å². The van der Waals surface area contributed by atoms with E-state index >= 15 is 0 Å². The highest BCUT2D eigenvalue weighted by molar-refractivity contribution is 5.90. The second-order valence-corrected chi connectivity index (χ2v) is 4.24. The van der Waals surface area contributed by atoms with Crippen molar-refractivity contribution in [1.82, 2.24) is 14.8 Å². The van der Waals surface area contributed by atoms with Crippen molar-refractivity contribution in [3.8, 4) is 0 Å². The number of carbonyl (C=O) groups excluding carboxylic acids is 1. The number of hydrogen-bond acceptors (Lipinski definition) is 5. The van der Waals surface area contributed by atoms with Crippen molar-refractivity contribution >= 4 is 23.0 Å². The molecule has 7 heteroatoms. The van der Waals surface area contributed by atoms with Crippen molar-refractivity contribution in [2.75, 3.05) is 11.9 Å². The molecule has 0 fully saturated rings. The maximum Gasteiger partial charge on any atom is 0.295 e. The Hall–Kier alpha value is -2.83. The van der Waals surface area contributed by atoms with Crippen LogP contribution in [0.3, 0.4) is 0 Å². The second-order valence-electron chi connectivity index (χ2n) is 4.24. The first kappa shape index (κ1) is 12.2. The lowest BCUT2D eigenvalue weighted by molar-refractivity contribution is 0.0994. The molecule has 2 heterocycles. The first-order valence-corrected chi connectivity index (χ1v) is 6.15. The van der Waals surface area contributed by atoms with Gasteiger partial charge in [0.25, 0.3) is 11.9 Å². The monoisotopic (exact) mass is 271 g/mol. The number of aromatic nitrogens is 3. The smallest absolute Gasteiger partial charge is 0.295 e. The van der Waals surface area contributed by atoms with Crippen LogP contribution in [0.25, 0.3) is 11.1 Å². The maximum absolute atomic E-state index is 10.9. The Kier molecular flexibility index (Phi) is 3.08. The Balaban J connectivity index is 1.60. The van der Waals surface area contributed by atoms with Gasteiger partial charge in [0.2, 0.25) is 0 Å². The number of amides is 1. The number of nitrogens with two attached hydrogens (primary N) is 1. The number of carbonyl (C=O) groups is 1. The highest BCUT2D eigenvalue weighted by atomic mass is 16.4. The Morgan fingerprint density at radius 3 is 2.95 bits per heavy atom. The molecule has 3 aromatic rings. The zero-order valence-electron chi connectivity index (χ0n) is 10.6.